The quantitative estimate of drug-likeness (QED) is 0.492. The molecule has 4 rings (SSSR count). The number of alkyl halides is 3. The maximum absolute atomic E-state index is 13.4. The van der Waals surface area contributed by atoms with Gasteiger partial charge in [0.2, 0.25) is 5.91 Å². The number of halogens is 4. The molecule has 2 aromatic heterocycles. The van der Waals surface area contributed by atoms with Crippen LogP contribution in [0.2, 0.25) is 0 Å². The average molecular weight is 473 g/mol. The van der Waals surface area contributed by atoms with Crippen molar-refractivity contribution in [2.75, 3.05) is 11.9 Å². The lowest BCUT2D eigenvalue weighted by atomic mass is 10.0. The van der Waals surface area contributed by atoms with Crippen LogP contribution >= 0.6 is 0 Å². The van der Waals surface area contributed by atoms with Gasteiger partial charge in [-0.1, -0.05) is 12.1 Å². The molecule has 11 heteroatoms. The molecule has 34 heavy (non-hydrogen) atoms. The molecule has 0 atom stereocenters. The summed E-state index contributed by atoms with van der Waals surface area (Å²) in [5.41, 5.74) is 1.64. The molecule has 2 heterocycles. The first-order valence-electron chi connectivity index (χ1n) is 10.4. The summed E-state index contributed by atoms with van der Waals surface area (Å²) in [5.74, 6) is -0.424. The Bertz CT molecular complexity index is 1240. The smallest absolute Gasteiger partial charge is 0.422 e. The van der Waals surface area contributed by atoms with E-state index in [9.17, 15) is 22.4 Å². The Morgan fingerprint density at radius 3 is 2.76 bits per heavy atom. The fourth-order valence-electron chi connectivity index (χ4n) is 3.42. The summed E-state index contributed by atoms with van der Waals surface area (Å²) in [5, 5.41) is 15.8. The second kappa shape index (κ2) is 9.51. The third-order valence-electron chi connectivity index (χ3n) is 5.11. The van der Waals surface area contributed by atoms with E-state index in [1.54, 1.807) is 30.5 Å². The van der Waals surface area contributed by atoms with Crippen molar-refractivity contribution in [1.82, 2.24) is 14.8 Å². The Morgan fingerprint density at radius 1 is 1.26 bits per heavy atom. The van der Waals surface area contributed by atoms with Crippen molar-refractivity contribution >= 4 is 11.7 Å². The van der Waals surface area contributed by atoms with Gasteiger partial charge >= 0.3 is 6.18 Å². The number of carbonyl (C=O) groups is 1. The molecule has 0 radical (unpaired) electrons. The van der Waals surface area contributed by atoms with E-state index in [0.29, 0.717) is 22.6 Å². The van der Waals surface area contributed by atoms with Crippen LogP contribution in [0.5, 0.6) is 5.75 Å². The zero-order valence-corrected chi connectivity index (χ0v) is 17.8. The van der Waals surface area contributed by atoms with E-state index < -0.39 is 18.6 Å². The Morgan fingerprint density at radius 2 is 2.06 bits per heavy atom. The first kappa shape index (κ1) is 23.2. The molecule has 7 nitrogen and oxygen atoms in total. The molecule has 3 aromatic rings. The van der Waals surface area contributed by atoms with Crippen LogP contribution in [-0.2, 0) is 17.8 Å². The normalized spacial score (nSPS) is 13.4. The monoisotopic (exact) mass is 473 g/mol. The second-order valence-corrected chi connectivity index (χ2v) is 7.94. The van der Waals surface area contributed by atoms with E-state index in [1.807, 2.05) is 0 Å². The number of pyridine rings is 1. The lowest BCUT2D eigenvalue weighted by Gasteiger charge is -2.14. The molecule has 0 bridgehead atoms. The standard InChI is InChI=1S/C23H19F4N5O2/c24-19-11-29-17(9-16(19)10-28)12-32-6-5-21(31-32)30-22(33)8-14-1-4-20(34-13-23(25,26)27)18(7-14)15-2-3-15/h1,4-7,9,11,15H,2-3,8,12-13H2,(H,30,31,33). The van der Waals surface area contributed by atoms with E-state index in [1.165, 1.54) is 16.8 Å². The Balaban J connectivity index is 1.37. The number of aromatic nitrogens is 3. The first-order valence-corrected chi connectivity index (χ1v) is 10.4. The number of hydrogen-bond acceptors (Lipinski definition) is 5. The fourth-order valence-corrected chi connectivity index (χ4v) is 3.42. The lowest BCUT2D eigenvalue weighted by molar-refractivity contribution is -0.153. The van der Waals surface area contributed by atoms with Gasteiger partial charge in [0.15, 0.2) is 18.2 Å². The zero-order chi connectivity index (χ0) is 24.3. The highest BCUT2D eigenvalue weighted by Crippen LogP contribution is 2.45. The minimum Gasteiger partial charge on any atom is -0.484 e. The lowest BCUT2D eigenvalue weighted by Crippen LogP contribution is -2.20. The van der Waals surface area contributed by atoms with Crippen LogP contribution < -0.4 is 10.1 Å². The minimum absolute atomic E-state index is 0.0111. The molecule has 1 aliphatic rings. The van der Waals surface area contributed by atoms with Crippen molar-refractivity contribution in [1.29, 1.82) is 5.26 Å². The molecule has 176 valence electrons. The summed E-state index contributed by atoms with van der Waals surface area (Å²) in [6.45, 7) is -1.19. The second-order valence-electron chi connectivity index (χ2n) is 7.94. The van der Waals surface area contributed by atoms with E-state index in [4.69, 9.17) is 10.00 Å². The third kappa shape index (κ3) is 6.10. The summed E-state index contributed by atoms with van der Waals surface area (Å²) in [4.78, 5) is 16.4. The molecule has 1 aromatic carbocycles. The van der Waals surface area contributed by atoms with Crippen LogP contribution in [0, 0.1) is 17.1 Å². The van der Waals surface area contributed by atoms with Crippen molar-refractivity contribution < 1.29 is 27.1 Å². The summed E-state index contributed by atoms with van der Waals surface area (Å²) >= 11 is 0. The number of ether oxygens (including phenoxy) is 1. The highest BCUT2D eigenvalue weighted by Gasteiger charge is 2.31. The zero-order valence-electron chi connectivity index (χ0n) is 17.8. The molecule has 1 saturated carbocycles. The summed E-state index contributed by atoms with van der Waals surface area (Å²) in [6.07, 6.45) is -0.104. The van der Waals surface area contributed by atoms with Gasteiger partial charge in [-0.25, -0.2) is 4.39 Å². The molecule has 0 saturated heterocycles. The molecule has 1 aliphatic carbocycles. The van der Waals surface area contributed by atoms with Crippen molar-refractivity contribution in [2.45, 2.75) is 37.9 Å². The number of nitriles is 1. The SMILES string of the molecule is N#Cc1cc(Cn2ccc(NC(=O)Cc3ccc(OCC(F)(F)F)c(C4CC4)c3)n2)ncc1F. The molecular formula is C23H19F4N5O2. The Hall–Kier alpha value is -3.94. The highest BCUT2D eigenvalue weighted by molar-refractivity contribution is 5.91. The van der Waals surface area contributed by atoms with Gasteiger partial charge in [-0.3, -0.25) is 14.5 Å². The van der Waals surface area contributed by atoms with Gasteiger partial charge < -0.3 is 10.1 Å². The van der Waals surface area contributed by atoms with Crippen LogP contribution in [0.4, 0.5) is 23.4 Å². The molecule has 1 fully saturated rings. The number of carbonyl (C=O) groups excluding carboxylic acids is 1. The highest BCUT2D eigenvalue weighted by atomic mass is 19.4. The van der Waals surface area contributed by atoms with Crippen LogP contribution in [0.25, 0.3) is 0 Å². The van der Waals surface area contributed by atoms with Gasteiger partial charge in [0.05, 0.1) is 30.4 Å². The van der Waals surface area contributed by atoms with Gasteiger partial charge in [0.25, 0.3) is 0 Å². The van der Waals surface area contributed by atoms with Crippen molar-refractivity contribution in [3.05, 3.63) is 70.9 Å². The van der Waals surface area contributed by atoms with E-state index in [0.717, 1.165) is 19.0 Å². The van der Waals surface area contributed by atoms with Crippen molar-refractivity contribution in [3.8, 4) is 11.8 Å². The molecule has 1 N–H and O–H groups in total. The largest absolute Gasteiger partial charge is 0.484 e. The summed E-state index contributed by atoms with van der Waals surface area (Å²) in [7, 11) is 0. The number of hydrogen-bond donors (Lipinski definition) is 1. The number of benzene rings is 1. The number of nitrogens with zero attached hydrogens (tertiary/aromatic N) is 4. The van der Waals surface area contributed by atoms with Gasteiger partial charge in [-0.2, -0.15) is 23.5 Å². The van der Waals surface area contributed by atoms with Crippen LogP contribution in [0.15, 0.2) is 42.7 Å². The van der Waals surface area contributed by atoms with Gasteiger partial charge in [0, 0.05) is 12.3 Å². The van der Waals surface area contributed by atoms with E-state index in [2.05, 4.69) is 15.4 Å². The van der Waals surface area contributed by atoms with Crippen molar-refractivity contribution in [2.24, 2.45) is 0 Å². The van der Waals surface area contributed by atoms with Gasteiger partial charge in [-0.15, -0.1) is 0 Å². The molecule has 0 unspecified atom stereocenters. The predicted octanol–water partition coefficient (Wildman–Crippen LogP) is 4.34. The van der Waals surface area contributed by atoms with Gasteiger partial charge in [0.1, 0.15) is 11.8 Å². The first-order chi connectivity index (χ1) is 16.2. The van der Waals surface area contributed by atoms with Crippen molar-refractivity contribution in [3.63, 3.8) is 0 Å². The summed E-state index contributed by atoms with van der Waals surface area (Å²) < 4.78 is 57.4. The number of rotatable bonds is 8. The maximum Gasteiger partial charge on any atom is 0.422 e. The van der Waals surface area contributed by atoms with Crippen LogP contribution in [0.3, 0.4) is 0 Å². The van der Waals surface area contributed by atoms with Crippen LogP contribution in [0.1, 0.15) is 41.1 Å². The summed E-state index contributed by atoms with van der Waals surface area (Å²) in [6, 6.07) is 9.42. The number of amides is 1. The van der Waals surface area contributed by atoms with E-state index >= 15 is 0 Å². The maximum atomic E-state index is 13.4. The van der Waals surface area contributed by atoms with Gasteiger partial charge in [-0.05, 0) is 42.0 Å². The molecule has 1 amide bonds. The average Bonchev–Trinajstić information content (AvgIpc) is 3.54. The predicted molar refractivity (Wildman–Crippen MR) is 113 cm³/mol. The Kier molecular flexibility index (Phi) is 6.49. The third-order valence-corrected chi connectivity index (χ3v) is 5.11. The molecular weight excluding hydrogens is 454 g/mol. The molecule has 0 aliphatic heterocycles. The number of anilines is 1. The van der Waals surface area contributed by atoms with E-state index in [-0.39, 0.29) is 36.1 Å². The fraction of sp³-hybridized carbons (Fsp3) is 0.304. The Labute approximate surface area is 192 Å². The minimum atomic E-state index is -4.42. The van der Waals surface area contributed by atoms with Crippen LogP contribution in [-0.4, -0.2) is 33.5 Å². The topological polar surface area (TPSA) is 92.8 Å². The number of nitrogens with one attached hydrogen (secondary N) is 1. The molecule has 0 spiro atoms.